The van der Waals surface area contributed by atoms with Crippen LogP contribution in [0.1, 0.15) is 48.7 Å². The fourth-order valence-corrected chi connectivity index (χ4v) is 3.51. The van der Waals surface area contributed by atoms with E-state index in [0.717, 1.165) is 29.9 Å². The van der Waals surface area contributed by atoms with Crippen molar-refractivity contribution in [1.29, 1.82) is 0 Å². The number of carbonyl (C=O) groups excluding carboxylic acids is 2. The third-order valence-corrected chi connectivity index (χ3v) is 5.22. The monoisotopic (exact) mass is 462 g/mol. The van der Waals surface area contributed by atoms with Crippen molar-refractivity contribution >= 4 is 29.5 Å². The standard InChI is InChI=1S/C27H34N4O3/c1-27(2,3)34-26(33)30-17-7-16-29-25(32)21-13-10-20(11-14-21)12-15-23-22-8-5-6-9-24(22)31(4)19-18-28-23/h5-6,8-15H,7,16-19H2,1-4H3,(H,29,32)(H,30,33). The van der Waals surface area contributed by atoms with E-state index < -0.39 is 11.7 Å². The van der Waals surface area contributed by atoms with Crippen LogP contribution in [0.2, 0.25) is 0 Å². The van der Waals surface area contributed by atoms with Crippen LogP contribution in [-0.2, 0) is 4.74 Å². The van der Waals surface area contributed by atoms with Crippen LogP contribution in [0.25, 0.3) is 6.08 Å². The molecule has 7 nitrogen and oxygen atoms in total. The lowest BCUT2D eigenvalue weighted by atomic mass is 10.0. The summed E-state index contributed by atoms with van der Waals surface area (Å²) in [5.74, 6) is -0.141. The number of fused-ring (bicyclic) bond motifs is 1. The molecule has 2 N–H and O–H groups in total. The highest BCUT2D eigenvalue weighted by Gasteiger charge is 2.16. The largest absolute Gasteiger partial charge is 0.444 e. The van der Waals surface area contributed by atoms with Crippen LogP contribution in [0.15, 0.2) is 59.6 Å². The number of likely N-dealkylation sites (N-methyl/N-ethyl adjacent to an activating group) is 1. The minimum atomic E-state index is -0.524. The SMILES string of the molecule is CN1CCN=C(C=Cc2ccc(C(=O)NCCCNC(=O)OC(C)(C)C)cc2)c2ccccc21. The Balaban J connectivity index is 1.49. The number of alkyl carbamates (subject to hydrolysis) is 1. The lowest BCUT2D eigenvalue weighted by Crippen LogP contribution is -2.34. The molecule has 0 unspecified atom stereocenters. The summed E-state index contributed by atoms with van der Waals surface area (Å²) in [4.78, 5) is 31.0. The highest BCUT2D eigenvalue weighted by molar-refractivity contribution is 6.14. The Morgan fingerprint density at radius 1 is 1.03 bits per heavy atom. The van der Waals surface area contributed by atoms with Crippen LogP contribution >= 0.6 is 0 Å². The number of carbonyl (C=O) groups is 2. The van der Waals surface area contributed by atoms with Gasteiger partial charge in [-0.25, -0.2) is 4.79 Å². The molecule has 0 saturated carbocycles. The van der Waals surface area contributed by atoms with Gasteiger partial charge in [-0.1, -0.05) is 36.4 Å². The Bertz CT molecular complexity index is 1050. The first-order valence-electron chi connectivity index (χ1n) is 11.6. The number of aliphatic imine (C=N–C) groups is 1. The van der Waals surface area contributed by atoms with E-state index in [1.54, 1.807) is 0 Å². The quantitative estimate of drug-likeness (QED) is 0.602. The summed E-state index contributed by atoms with van der Waals surface area (Å²) in [6.45, 7) is 7.98. The second-order valence-corrected chi connectivity index (χ2v) is 9.20. The zero-order valence-electron chi connectivity index (χ0n) is 20.4. The van der Waals surface area contributed by atoms with Gasteiger partial charge < -0.3 is 20.3 Å². The van der Waals surface area contributed by atoms with Gasteiger partial charge in [0.2, 0.25) is 0 Å². The van der Waals surface area contributed by atoms with Crippen molar-refractivity contribution in [3.05, 3.63) is 71.3 Å². The number of anilines is 1. The van der Waals surface area contributed by atoms with Crippen LogP contribution in [0.4, 0.5) is 10.5 Å². The molecule has 0 bridgehead atoms. The molecule has 1 aliphatic rings. The van der Waals surface area contributed by atoms with Crippen molar-refractivity contribution in [1.82, 2.24) is 10.6 Å². The number of amides is 2. The van der Waals surface area contributed by atoms with E-state index in [9.17, 15) is 9.59 Å². The molecule has 0 saturated heterocycles. The second kappa shape index (κ2) is 11.5. The Labute approximate surface area is 201 Å². The molecule has 3 rings (SSSR count). The smallest absolute Gasteiger partial charge is 0.407 e. The van der Waals surface area contributed by atoms with Gasteiger partial charge in [0, 0.05) is 43.5 Å². The van der Waals surface area contributed by atoms with Crippen LogP contribution in [0.5, 0.6) is 0 Å². The summed E-state index contributed by atoms with van der Waals surface area (Å²) < 4.78 is 5.18. The molecule has 1 heterocycles. The number of benzodiazepines with no additional fused rings is 1. The number of allylic oxidation sites excluding steroid dienone is 1. The molecule has 0 spiro atoms. The van der Waals surface area contributed by atoms with Gasteiger partial charge >= 0.3 is 6.09 Å². The van der Waals surface area contributed by atoms with E-state index in [1.807, 2.05) is 69.3 Å². The molecule has 0 aliphatic carbocycles. The summed E-state index contributed by atoms with van der Waals surface area (Å²) in [5, 5.41) is 5.55. The molecular weight excluding hydrogens is 428 g/mol. The lowest BCUT2D eigenvalue weighted by Gasteiger charge is -2.19. The minimum absolute atomic E-state index is 0.141. The van der Waals surface area contributed by atoms with Gasteiger partial charge in [-0.15, -0.1) is 0 Å². The van der Waals surface area contributed by atoms with Gasteiger partial charge in [0.25, 0.3) is 5.91 Å². The van der Waals surface area contributed by atoms with E-state index in [2.05, 4.69) is 34.7 Å². The second-order valence-electron chi connectivity index (χ2n) is 9.20. The average molecular weight is 463 g/mol. The summed E-state index contributed by atoms with van der Waals surface area (Å²) in [6.07, 6.45) is 4.22. The fraction of sp³-hybridized carbons (Fsp3) is 0.370. The minimum Gasteiger partial charge on any atom is -0.444 e. The molecule has 2 amide bonds. The van der Waals surface area contributed by atoms with E-state index >= 15 is 0 Å². The zero-order valence-corrected chi connectivity index (χ0v) is 20.4. The summed E-state index contributed by atoms with van der Waals surface area (Å²) in [6, 6.07) is 15.7. The van der Waals surface area contributed by atoms with Gasteiger partial charge in [0.05, 0.1) is 12.3 Å². The number of nitrogens with one attached hydrogen (secondary N) is 2. The van der Waals surface area contributed by atoms with E-state index in [4.69, 9.17) is 9.73 Å². The van der Waals surface area contributed by atoms with Gasteiger partial charge in [0.15, 0.2) is 0 Å². The summed E-state index contributed by atoms with van der Waals surface area (Å²) in [5.41, 5.74) is 4.32. The molecule has 34 heavy (non-hydrogen) atoms. The number of hydrogen-bond donors (Lipinski definition) is 2. The molecule has 1 aliphatic heterocycles. The van der Waals surface area contributed by atoms with Gasteiger partial charge in [-0.05, 0) is 57.0 Å². The molecule has 0 fully saturated rings. The van der Waals surface area contributed by atoms with Crippen molar-refractivity contribution in [2.45, 2.75) is 32.8 Å². The Morgan fingerprint density at radius 3 is 2.47 bits per heavy atom. The average Bonchev–Trinajstić information content (AvgIpc) is 2.95. The zero-order chi connectivity index (χ0) is 24.6. The van der Waals surface area contributed by atoms with E-state index in [0.29, 0.717) is 25.1 Å². The number of para-hydroxylation sites is 1. The van der Waals surface area contributed by atoms with Gasteiger partial charge in [-0.3, -0.25) is 9.79 Å². The normalized spacial score (nSPS) is 13.6. The fourth-order valence-electron chi connectivity index (χ4n) is 3.51. The number of rotatable bonds is 7. The van der Waals surface area contributed by atoms with Crippen molar-refractivity contribution in [3.8, 4) is 0 Å². The molecule has 0 radical (unpaired) electrons. The maximum absolute atomic E-state index is 12.4. The van der Waals surface area contributed by atoms with Crippen LogP contribution < -0.4 is 15.5 Å². The van der Waals surface area contributed by atoms with Gasteiger partial charge in [-0.2, -0.15) is 0 Å². The molecule has 2 aromatic rings. The number of hydrogen-bond acceptors (Lipinski definition) is 5. The number of benzene rings is 2. The Morgan fingerprint density at radius 2 is 1.74 bits per heavy atom. The molecule has 0 aromatic heterocycles. The van der Waals surface area contributed by atoms with Crippen LogP contribution in [0.3, 0.4) is 0 Å². The third kappa shape index (κ3) is 7.47. The first kappa shape index (κ1) is 25.0. The topological polar surface area (TPSA) is 83.0 Å². The van der Waals surface area contributed by atoms with Crippen molar-refractivity contribution in [3.63, 3.8) is 0 Å². The number of ether oxygens (including phenoxy) is 1. The van der Waals surface area contributed by atoms with Crippen LogP contribution in [0, 0.1) is 0 Å². The van der Waals surface area contributed by atoms with Crippen molar-refractivity contribution < 1.29 is 14.3 Å². The van der Waals surface area contributed by atoms with E-state index in [1.165, 1.54) is 5.69 Å². The maximum Gasteiger partial charge on any atom is 0.407 e. The van der Waals surface area contributed by atoms with E-state index in [-0.39, 0.29) is 5.91 Å². The molecule has 2 aromatic carbocycles. The molecule has 7 heteroatoms. The third-order valence-electron chi connectivity index (χ3n) is 5.22. The predicted molar refractivity (Wildman–Crippen MR) is 138 cm³/mol. The lowest BCUT2D eigenvalue weighted by molar-refractivity contribution is 0.0527. The Kier molecular flexibility index (Phi) is 8.46. The van der Waals surface area contributed by atoms with Crippen molar-refractivity contribution in [2.24, 2.45) is 4.99 Å². The highest BCUT2D eigenvalue weighted by atomic mass is 16.6. The highest BCUT2D eigenvalue weighted by Crippen LogP contribution is 2.23. The first-order valence-corrected chi connectivity index (χ1v) is 11.6. The number of nitrogens with zero attached hydrogens (tertiary/aromatic N) is 2. The summed E-state index contributed by atoms with van der Waals surface area (Å²) in [7, 11) is 2.09. The maximum atomic E-state index is 12.4. The predicted octanol–water partition coefficient (Wildman–Crippen LogP) is 4.28. The van der Waals surface area contributed by atoms with Crippen LogP contribution in [-0.4, -0.2) is 56.5 Å². The summed E-state index contributed by atoms with van der Waals surface area (Å²) >= 11 is 0. The molecule has 0 atom stereocenters. The molecular formula is C27H34N4O3. The first-order chi connectivity index (χ1) is 16.2. The Hall–Kier alpha value is -3.61. The van der Waals surface area contributed by atoms with Crippen molar-refractivity contribution in [2.75, 3.05) is 38.1 Å². The van der Waals surface area contributed by atoms with Gasteiger partial charge in [0.1, 0.15) is 5.60 Å². The molecule has 180 valence electrons.